The average molecular weight is 356 g/mol. The highest BCUT2D eigenvalue weighted by Gasteiger charge is 2.51. The van der Waals surface area contributed by atoms with Crippen molar-refractivity contribution in [3.63, 3.8) is 0 Å². The highest BCUT2D eigenvalue weighted by molar-refractivity contribution is 5.79. The van der Waals surface area contributed by atoms with Crippen LogP contribution < -0.4 is 10.6 Å². The fourth-order valence-electron chi connectivity index (χ4n) is 6.20. The molecule has 1 aromatic carbocycles. The van der Waals surface area contributed by atoms with Crippen LogP contribution in [0.1, 0.15) is 50.1 Å². The van der Waals surface area contributed by atoms with Crippen LogP contribution in [0.4, 0.5) is 0 Å². The zero-order valence-corrected chi connectivity index (χ0v) is 16.2. The van der Waals surface area contributed by atoms with Crippen molar-refractivity contribution >= 4 is 5.91 Å². The molecule has 5 rings (SSSR count). The van der Waals surface area contributed by atoms with Crippen molar-refractivity contribution in [2.75, 3.05) is 27.2 Å². The zero-order valence-electron chi connectivity index (χ0n) is 16.2. The lowest BCUT2D eigenvalue weighted by Gasteiger charge is -2.56. The Morgan fingerprint density at radius 3 is 2.19 bits per heavy atom. The SMILES string of the molecule is CN(C)[C@@H](CNCC(=O)NC12CC3CC(CC(C3)C1)C2)c1ccccc1. The molecule has 142 valence electrons. The van der Waals surface area contributed by atoms with Crippen LogP contribution in [-0.2, 0) is 4.79 Å². The molecule has 1 aromatic rings. The van der Waals surface area contributed by atoms with Gasteiger partial charge in [0.05, 0.1) is 6.54 Å². The van der Waals surface area contributed by atoms with Crippen molar-refractivity contribution < 1.29 is 4.79 Å². The van der Waals surface area contributed by atoms with Gasteiger partial charge in [-0.25, -0.2) is 0 Å². The topological polar surface area (TPSA) is 44.4 Å². The molecule has 0 unspecified atom stereocenters. The third-order valence-corrected chi connectivity index (χ3v) is 6.87. The van der Waals surface area contributed by atoms with Gasteiger partial charge in [0.15, 0.2) is 0 Å². The van der Waals surface area contributed by atoms with E-state index in [-0.39, 0.29) is 17.5 Å². The number of rotatable bonds is 7. The summed E-state index contributed by atoms with van der Waals surface area (Å²) in [6.45, 7) is 1.20. The molecule has 0 aromatic heterocycles. The first kappa shape index (κ1) is 18.0. The van der Waals surface area contributed by atoms with Crippen molar-refractivity contribution in [1.29, 1.82) is 0 Å². The predicted octanol–water partition coefficient (Wildman–Crippen LogP) is 2.96. The van der Waals surface area contributed by atoms with Crippen LogP contribution in [0, 0.1) is 17.8 Å². The Hall–Kier alpha value is -1.39. The molecular formula is C22H33N3O. The lowest BCUT2D eigenvalue weighted by atomic mass is 9.53. The average Bonchev–Trinajstić information content (AvgIpc) is 2.57. The largest absolute Gasteiger partial charge is 0.350 e. The summed E-state index contributed by atoms with van der Waals surface area (Å²) in [5, 5.41) is 6.85. The van der Waals surface area contributed by atoms with Gasteiger partial charge >= 0.3 is 0 Å². The smallest absolute Gasteiger partial charge is 0.234 e. The summed E-state index contributed by atoms with van der Waals surface area (Å²) in [6, 6.07) is 10.8. The summed E-state index contributed by atoms with van der Waals surface area (Å²) in [5.74, 6) is 2.78. The molecule has 4 fully saturated rings. The van der Waals surface area contributed by atoms with Crippen LogP contribution >= 0.6 is 0 Å². The summed E-state index contributed by atoms with van der Waals surface area (Å²) in [6.07, 6.45) is 7.89. The molecule has 0 heterocycles. The Kier molecular flexibility index (Phi) is 5.07. The van der Waals surface area contributed by atoms with E-state index in [0.717, 1.165) is 24.3 Å². The molecule has 0 aliphatic heterocycles. The van der Waals surface area contributed by atoms with Gasteiger partial charge in [0, 0.05) is 18.1 Å². The van der Waals surface area contributed by atoms with Gasteiger partial charge in [-0.1, -0.05) is 30.3 Å². The van der Waals surface area contributed by atoms with Gasteiger partial charge in [-0.05, 0) is 75.9 Å². The van der Waals surface area contributed by atoms with Gasteiger partial charge in [0.1, 0.15) is 0 Å². The van der Waals surface area contributed by atoms with Crippen LogP contribution in [0.25, 0.3) is 0 Å². The Morgan fingerprint density at radius 1 is 1.08 bits per heavy atom. The molecule has 0 spiro atoms. The van der Waals surface area contributed by atoms with Gasteiger partial charge in [-0.2, -0.15) is 0 Å². The van der Waals surface area contributed by atoms with E-state index in [2.05, 4.69) is 53.9 Å². The van der Waals surface area contributed by atoms with Gasteiger partial charge in [0.2, 0.25) is 5.91 Å². The fraction of sp³-hybridized carbons (Fsp3) is 0.682. The van der Waals surface area contributed by atoms with E-state index in [9.17, 15) is 4.79 Å². The molecule has 1 amide bonds. The Morgan fingerprint density at radius 2 is 1.65 bits per heavy atom. The summed E-state index contributed by atoms with van der Waals surface area (Å²) in [7, 11) is 4.18. The number of carbonyl (C=O) groups is 1. The van der Waals surface area contributed by atoms with Crippen molar-refractivity contribution in [3.8, 4) is 0 Å². The minimum Gasteiger partial charge on any atom is -0.350 e. The normalized spacial score (nSPS) is 33.4. The second-order valence-corrected chi connectivity index (χ2v) is 9.27. The minimum absolute atomic E-state index is 0.119. The van der Waals surface area contributed by atoms with E-state index in [1.165, 1.54) is 44.1 Å². The molecule has 1 atom stereocenters. The number of hydrogen-bond donors (Lipinski definition) is 2. The van der Waals surface area contributed by atoms with E-state index in [4.69, 9.17) is 0 Å². The van der Waals surface area contributed by atoms with Crippen molar-refractivity contribution in [2.24, 2.45) is 17.8 Å². The molecule has 4 aliphatic rings. The van der Waals surface area contributed by atoms with E-state index >= 15 is 0 Å². The molecule has 4 saturated carbocycles. The lowest BCUT2D eigenvalue weighted by Crippen LogP contribution is -2.60. The number of carbonyl (C=O) groups excluding carboxylic acids is 1. The van der Waals surface area contributed by atoms with Crippen LogP contribution in [0.3, 0.4) is 0 Å². The van der Waals surface area contributed by atoms with E-state index in [0.29, 0.717) is 6.54 Å². The number of likely N-dealkylation sites (N-methyl/N-ethyl adjacent to an activating group) is 1. The maximum Gasteiger partial charge on any atom is 0.234 e. The maximum atomic E-state index is 12.6. The van der Waals surface area contributed by atoms with Gasteiger partial charge in [0.25, 0.3) is 0 Å². The van der Waals surface area contributed by atoms with Crippen LogP contribution in [0.5, 0.6) is 0 Å². The van der Waals surface area contributed by atoms with E-state index in [1.54, 1.807) is 0 Å². The zero-order chi connectivity index (χ0) is 18.1. The summed E-state index contributed by atoms with van der Waals surface area (Å²) in [4.78, 5) is 14.8. The first-order valence-corrected chi connectivity index (χ1v) is 10.3. The standard InChI is InChI=1S/C22H33N3O/c1-25(2)20(19-6-4-3-5-7-19)14-23-15-21(26)24-22-11-16-8-17(12-22)10-18(9-16)13-22/h3-7,16-18,20,23H,8-15H2,1-2H3,(H,24,26)/t16?,17?,18?,20-,22?/m0/s1. The molecule has 4 aliphatic carbocycles. The Bertz CT molecular complexity index is 592. The molecule has 26 heavy (non-hydrogen) atoms. The predicted molar refractivity (Wildman–Crippen MR) is 105 cm³/mol. The number of hydrogen-bond acceptors (Lipinski definition) is 3. The summed E-state index contributed by atoms with van der Waals surface area (Å²) >= 11 is 0. The third-order valence-electron chi connectivity index (χ3n) is 6.87. The monoisotopic (exact) mass is 355 g/mol. The highest BCUT2D eigenvalue weighted by atomic mass is 16.2. The summed E-state index contributed by atoms with van der Waals surface area (Å²) < 4.78 is 0. The van der Waals surface area contributed by atoms with Crippen LogP contribution in [0.15, 0.2) is 30.3 Å². The fourth-order valence-corrected chi connectivity index (χ4v) is 6.20. The minimum atomic E-state index is 0.119. The van der Waals surface area contributed by atoms with Gasteiger partial charge in [-0.3, -0.25) is 4.79 Å². The van der Waals surface area contributed by atoms with Crippen molar-refractivity contribution in [1.82, 2.24) is 15.5 Å². The molecule has 4 heteroatoms. The van der Waals surface area contributed by atoms with Gasteiger partial charge < -0.3 is 15.5 Å². The number of nitrogens with one attached hydrogen (secondary N) is 2. The second-order valence-electron chi connectivity index (χ2n) is 9.27. The molecule has 4 nitrogen and oxygen atoms in total. The first-order valence-electron chi connectivity index (χ1n) is 10.3. The number of amides is 1. The second kappa shape index (κ2) is 7.32. The number of nitrogens with zero attached hydrogens (tertiary/aromatic N) is 1. The van der Waals surface area contributed by atoms with E-state index < -0.39 is 0 Å². The van der Waals surface area contributed by atoms with E-state index in [1.807, 2.05) is 6.07 Å². The Labute approximate surface area is 157 Å². The molecule has 2 N–H and O–H groups in total. The number of benzene rings is 1. The summed E-state index contributed by atoms with van der Waals surface area (Å²) in [5.41, 5.74) is 1.40. The maximum absolute atomic E-state index is 12.6. The molecule has 0 radical (unpaired) electrons. The van der Waals surface area contributed by atoms with Crippen LogP contribution in [-0.4, -0.2) is 43.5 Å². The molecule has 0 saturated heterocycles. The molecular weight excluding hydrogens is 322 g/mol. The van der Waals surface area contributed by atoms with Crippen LogP contribution in [0.2, 0.25) is 0 Å². The first-order chi connectivity index (χ1) is 12.5. The lowest BCUT2D eigenvalue weighted by molar-refractivity contribution is -0.126. The quantitative estimate of drug-likeness (QED) is 0.790. The highest BCUT2D eigenvalue weighted by Crippen LogP contribution is 2.55. The Balaban J connectivity index is 1.29. The third kappa shape index (κ3) is 3.81. The molecule has 4 bridgehead atoms. The van der Waals surface area contributed by atoms with Crippen molar-refractivity contribution in [2.45, 2.75) is 50.1 Å². The van der Waals surface area contributed by atoms with Gasteiger partial charge in [-0.15, -0.1) is 0 Å². The van der Waals surface area contributed by atoms with Crippen molar-refractivity contribution in [3.05, 3.63) is 35.9 Å².